The second kappa shape index (κ2) is 7.42. The number of hydrogen-bond acceptors (Lipinski definition) is 2. The van der Waals surface area contributed by atoms with E-state index in [4.69, 9.17) is 0 Å². The van der Waals surface area contributed by atoms with E-state index < -0.39 is 0 Å². The lowest BCUT2D eigenvalue weighted by atomic mass is 9.67. The molecule has 0 radical (unpaired) electrons. The molecular weight excluding hydrogens is 348 g/mol. The molecule has 4 heteroatoms. The number of likely N-dealkylation sites (tertiary alicyclic amines) is 2. The summed E-state index contributed by atoms with van der Waals surface area (Å²) in [5.74, 6) is 0.271. The summed E-state index contributed by atoms with van der Waals surface area (Å²) in [6.07, 6.45) is 2.78. The Hall–Kier alpha value is -2.62. The van der Waals surface area contributed by atoms with Gasteiger partial charge in [0, 0.05) is 32.2 Å². The average molecular weight is 377 g/mol. The molecule has 4 rings (SSSR count). The molecular formula is C24H28N2O2. The first-order valence-corrected chi connectivity index (χ1v) is 10.1. The normalized spacial score (nSPS) is 21.8. The minimum Gasteiger partial charge on any atom is -0.345 e. The molecule has 2 fully saturated rings. The number of rotatable bonds is 2. The number of amides is 2. The highest BCUT2D eigenvalue weighted by atomic mass is 16.2. The van der Waals surface area contributed by atoms with Gasteiger partial charge in [-0.05, 0) is 49.3 Å². The Balaban J connectivity index is 1.48. The Morgan fingerprint density at radius 2 is 1.75 bits per heavy atom. The van der Waals surface area contributed by atoms with Crippen LogP contribution < -0.4 is 0 Å². The highest BCUT2D eigenvalue weighted by molar-refractivity contribution is 5.94. The van der Waals surface area contributed by atoms with E-state index in [1.54, 1.807) is 0 Å². The van der Waals surface area contributed by atoms with Gasteiger partial charge in [0.2, 0.25) is 5.91 Å². The molecule has 2 saturated heterocycles. The predicted molar refractivity (Wildman–Crippen MR) is 110 cm³/mol. The molecule has 0 bridgehead atoms. The lowest BCUT2D eigenvalue weighted by Gasteiger charge is -2.49. The van der Waals surface area contributed by atoms with Crippen molar-refractivity contribution >= 4 is 11.8 Å². The third-order valence-corrected chi connectivity index (χ3v) is 6.46. The molecule has 4 nitrogen and oxygen atoms in total. The second-order valence-electron chi connectivity index (χ2n) is 8.52. The minimum absolute atomic E-state index is 0.0704. The van der Waals surface area contributed by atoms with Crippen LogP contribution in [0.1, 0.15) is 46.7 Å². The van der Waals surface area contributed by atoms with Gasteiger partial charge in [0.05, 0.1) is 5.92 Å². The summed E-state index contributed by atoms with van der Waals surface area (Å²) in [4.78, 5) is 29.6. The molecule has 0 unspecified atom stereocenters. The van der Waals surface area contributed by atoms with E-state index in [-0.39, 0.29) is 23.1 Å². The van der Waals surface area contributed by atoms with Crippen LogP contribution in [0.15, 0.2) is 54.6 Å². The summed E-state index contributed by atoms with van der Waals surface area (Å²) in [5.41, 5.74) is 3.09. The van der Waals surface area contributed by atoms with Gasteiger partial charge in [0.25, 0.3) is 5.91 Å². The molecule has 1 spiro atoms. The topological polar surface area (TPSA) is 40.6 Å². The lowest BCUT2D eigenvalue weighted by Crippen LogP contribution is -2.53. The molecule has 2 aliphatic heterocycles. The predicted octanol–water partition coefficient (Wildman–Crippen LogP) is 3.86. The monoisotopic (exact) mass is 376 g/mol. The molecule has 2 aliphatic rings. The van der Waals surface area contributed by atoms with Crippen molar-refractivity contribution in [3.8, 4) is 0 Å². The van der Waals surface area contributed by atoms with Crippen molar-refractivity contribution in [2.45, 2.75) is 32.1 Å². The molecule has 0 N–H and O–H groups in total. The highest BCUT2D eigenvalue weighted by Gasteiger charge is 2.45. The van der Waals surface area contributed by atoms with E-state index >= 15 is 0 Å². The summed E-state index contributed by atoms with van der Waals surface area (Å²) >= 11 is 0. The van der Waals surface area contributed by atoms with E-state index in [1.165, 1.54) is 0 Å². The largest absolute Gasteiger partial charge is 0.345 e. The van der Waals surface area contributed by atoms with Crippen LogP contribution in [0.5, 0.6) is 0 Å². The Bertz CT molecular complexity index is 869. The third-order valence-electron chi connectivity index (χ3n) is 6.46. The van der Waals surface area contributed by atoms with Crippen LogP contribution in [0, 0.1) is 12.3 Å². The van der Waals surface area contributed by atoms with E-state index in [0.717, 1.165) is 55.6 Å². The summed E-state index contributed by atoms with van der Waals surface area (Å²) in [7, 11) is 1.92. The number of nitrogens with zero attached hydrogens (tertiary/aromatic N) is 2. The molecule has 2 aromatic rings. The third kappa shape index (κ3) is 3.56. The van der Waals surface area contributed by atoms with Crippen molar-refractivity contribution in [3.63, 3.8) is 0 Å². The van der Waals surface area contributed by atoms with Gasteiger partial charge in [0.15, 0.2) is 0 Å². The van der Waals surface area contributed by atoms with Crippen LogP contribution in [0.4, 0.5) is 0 Å². The molecule has 28 heavy (non-hydrogen) atoms. The van der Waals surface area contributed by atoms with Gasteiger partial charge < -0.3 is 9.80 Å². The van der Waals surface area contributed by atoms with E-state index in [2.05, 4.69) is 12.1 Å². The summed E-state index contributed by atoms with van der Waals surface area (Å²) in [6, 6.07) is 18.0. The second-order valence-corrected chi connectivity index (χ2v) is 8.52. The first kappa shape index (κ1) is 18.7. The summed E-state index contributed by atoms with van der Waals surface area (Å²) in [6.45, 7) is 4.33. The zero-order valence-electron chi connectivity index (χ0n) is 16.7. The molecule has 2 aromatic carbocycles. The van der Waals surface area contributed by atoms with Crippen LogP contribution in [-0.2, 0) is 4.79 Å². The molecule has 146 valence electrons. The van der Waals surface area contributed by atoms with Gasteiger partial charge in [-0.1, -0.05) is 48.0 Å². The number of carbonyl (C=O) groups excluding carboxylic acids is 2. The maximum Gasteiger partial charge on any atom is 0.253 e. The van der Waals surface area contributed by atoms with E-state index in [0.29, 0.717) is 0 Å². The van der Waals surface area contributed by atoms with Crippen molar-refractivity contribution in [3.05, 3.63) is 71.3 Å². The van der Waals surface area contributed by atoms with Crippen LogP contribution in [0.25, 0.3) is 0 Å². The Labute approximate surface area is 167 Å². The highest BCUT2D eigenvalue weighted by Crippen LogP contribution is 2.45. The number of hydrogen-bond donors (Lipinski definition) is 0. The first-order chi connectivity index (χ1) is 13.5. The SMILES string of the molecule is Cc1cccc(C(=O)N2CCC3(CC2)C[C@H](c2ccccc2)C(=O)N(C)C3)c1. The van der Waals surface area contributed by atoms with Crippen LogP contribution >= 0.6 is 0 Å². The van der Waals surface area contributed by atoms with Gasteiger partial charge in [-0.25, -0.2) is 0 Å². The van der Waals surface area contributed by atoms with Gasteiger partial charge in [0.1, 0.15) is 0 Å². The number of aryl methyl sites for hydroxylation is 1. The van der Waals surface area contributed by atoms with Gasteiger partial charge in [-0.15, -0.1) is 0 Å². The van der Waals surface area contributed by atoms with E-state index in [1.807, 2.05) is 66.2 Å². The first-order valence-electron chi connectivity index (χ1n) is 10.1. The van der Waals surface area contributed by atoms with Crippen LogP contribution in [0.2, 0.25) is 0 Å². The van der Waals surface area contributed by atoms with Crippen molar-refractivity contribution in [2.75, 3.05) is 26.7 Å². The summed E-state index contributed by atoms with van der Waals surface area (Å²) in [5, 5.41) is 0. The van der Waals surface area contributed by atoms with Crippen LogP contribution in [-0.4, -0.2) is 48.3 Å². The van der Waals surface area contributed by atoms with Gasteiger partial charge in [-0.3, -0.25) is 9.59 Å². The zero-order valence-corrected chi connectivity index (χ0v) is 16.7. The summed E-state index contributed by atoms with van der Waals surface area (Å²) < 4.78 is 0. The Morgan fingerprint density at radius 1 is 1.04 bits per heavy atom. The fourth-order valence-electron chi connectivity index (χ4n) is 4.88. The number of likely N-dealkylation sites (N-methyl/N-ethyl adjacent to an activating group) is 1. The maximum absolute atomic E-state index is 12.9. The Kier molecular flexibility index (Phi) is 4.96. The van der Waals surface area contributed by atoms with Crippen molar-refractivity contribution in [2.24, 2.45) is 5.41 Å². The molecule has 1 atom stereocenters. The van der Waals surface area contributed by atoms with Crippen LogP contribution in [0.3, 0.4) is 0 Å². The minimum atomic E-state index is -0.0704. The standard InChI is InChI=1S/C24H28N2O2/c1-18-7-6-10-20(15-18)22(27)26-13-11-24(12-14-26)16-21(23(28)25(2)17-24)19-8-4-3-5-9-19/h3-10,15,21H,11-14,16-17H2,1-2H3/t21-/m1/s1. The van der Waals surface area contributed by atoms with Crippen molar-refractivity contribution < 1.29 is 9.59 Å². The molecule has 0 aromatic heterocycles. The number of piperidine rings is 2. The zero-order chi connectivity index (χ0) is 19.7. The average Bonchev–Trinajstić information content (AvgIpc) is 2.71. The quantitative estimate of drug-likeness (QED) is 0.798. The lowest BCUT2D eigenvalue weighted by molar-refractivity contribution is -0.139. The fourth-order valence-corrected chi connectivity index (χ4v) is 4.88. The van der Waals surface area contributed by atoms with Crippen molar-refractivity contribution in [1.29, 1.82) is 0 Å². The van der Waals surface area contributed by atoms with Gasteiger partial charge in [-0.2, -0.15) is 0 Å². The molecule has 0 aliphatic carbocycles. The molecule has 0 saturated carbocycles. The molecule has 2 heterocycles. The number of benzene rings is 2. The van der Waals surface area contributed by atoms with Crippen molar-refractivity contribution in [1.82, 2.24) is 9.80 Å². The van der Waals surface area contributed by atoms with Gasteiger partial charge >= 0.3 is 0 Å². The maximum atomic E-state index is 12.9. The van der Waals surface area contributed by atoms with E-state index in [9.17, 15) is 9.59 Å². The number of carbonyl (C=O) groups is 2. The Morgan fingerprint density at radius 3 is 2.43 bits per heavy atom. The molecule has 2 amide bonds. The fraction of sp³-hybridized carbons (Fsp3) is 0.417. The smallest absolute Gasteiger partial charge is 0.253 e.